The molecule has 0 aliphatic carbocycles. The number of ether oxygens (including phenoxy) is 1. The Morgan fingerprint density at radius 1 is 1.19 bits per heavy atom. The van der Waals surface area contributed by atoms with Crippen molar-refractivity contribution in [1.29, 1.82) is 0 Å². The molecule has 88 valence electrons. The fourth-order valence-corrected chi connectivity index (χ4v) is 1.97. The van der Waals surface area contributed by atoms with Crippen molar-refractivity contribution in [3.63, 3.8) is 0 Å². The van der Waals surface area contributed by atoms with Crippen molar-refractivity contribution in [2.75, 3.05) is 19.7 Å². The SMILES string of the molecule is FC1(COc2ccccc2)CCCNCC1. The summed E-state index contributed by atoms with van der Waals surface area (Å²) in [6.07, 6.45) is 2.02. The summed E-state index contributed by atoms with van der Waals surface area (Å²) in [5, 5.41) is 3.21. The van der Waals surface area contributed by atoms with Gasteiger partial charge in [-0.15, -0.1) is 0 Å². The monoisotopic (exact) mass is 223 g/mol. The molecule has 1 aliphatic rings. The van der Waals surface area contributed by atoms with Crippen LogP contribution in [0.2, 0.25) is 0 Å². The van der Waals surface area contributed by atoms with Gasteiger partial charge < -0.3 is 10.1 Å². The molecule has 2 rings (SSSR count). The minimum absolute atomic E-state index is 0.165. The first-order valence-corrected chi connectivity index (χ1v) is 5.86. The molecule has 1 aliphatic heterocycles. The second kappa shape index (κ2) is 5.30. The molecule has 1 aromatic rings. The molecule has 1 aromatic carbocycles. The van der Waals surface area contributed by atoms with Gasteiger partial charge in [0.2, 0.25) is 0 Å². The first-order chi connectivity index (χ1) is 7.79. The molecule has 0 bridgehead atoms. The molecule has 0 saturated carbocycles. The van der Waals surface area contributed by atoms with Crippen LogP contribution >= 0.6 is 0 Å². The number of hydrogen-bond donors (Lipinski definition) is 1. The number of benzene rings is 1. The van der Waals surface area contributed by atoms with E-state index in [2.05, 4.69) is 5.32 Å². The van der Waals surface area contributed by atoms with Gasteiger partial charge in [-0.05, 0) is 44.5 Å². The number of para-hydroxylation sites is 1. The molecule has 1 atom stereocenters. The molecular weight excluding hydrogens is 205 g/mol. The minimum atomic E-state index is -1.17. The zero-order valence-electron chi connectivity index (χ0n) is 9.42. The van der Waals surface area contributed by atoms with Crippen LogP contribution in [0.15, 0.2) is 30.3 Å². The Morgan fingerprint density at radius 3 is 2.81 bits per heavy atom. The van der Waals surface area contributed by atoms with Gasteiger partial charge >= 0.3 is 0 Å². The van der Waals surface area contributed by atoms with Gasteiger partial charge in [0, 0.05) is 0 Å². The maximum Gasteiger partial charge on any atom is 0.146 e. The number of hydrogen-bond acceptors (Lipinski definition) is 2. The lowest BCUT2D eigenvalue weighted by Gasteiger charge is -2.23. The Bertz CT molecular complexity index is 307. The highest BCUT2D eigenvalue weighted by Gasteiger charge is 2.31. The molecule has 2 nitrogen and oxygen atoms in total. The van der Waals surface area contributed by atoms with Gasteiger partial charge in [0.05, 0.1) is 0 Å². The molecule has 1 fully saturated rings. The Labute approximate surface area is 95.8 Å². The smallest absolute Gasteiger partial charge is 0.146 e. The van der Waals surface area contributed by atoms with Gasteiger partial charge in [0.1, 0.15) is 18.0 Å². The lowest BCUT2D eigenvalue weighted by Crippen LogP contribution is -2.32. The van der Waals surface area contributed by atoms with Gasteiger partial charge in [-0.1, -0.05) is 18.2 Å². The highest BCUT2D eigenvalue weighted by Crippen LogP contribution is 2.25. The average Bonchev–Trinajstić information content (AvgIpc) is 2.54. The molecule has 16 heavy (non-hydrogen) atoms. The van der Waals surface area contributed by atoms with Crippen LogP contribution < -0.4 is 10.1 Å². The topological polar surface area (TPSA) is 21.3 Å². The van der Waals surface area contributed by atoms with E-state index in [4.69, 9.17) is 4.74 Å². The fraction of sp³-hybridized carbons (Fsp3) is 0.538. The van der Waals surface area contributed by atoms with Crippen LogP contribution in [-0.2, 0) is 0 Å². The Hall–Kier alpha value is -1.09. The molecule has 0 radical (unpaired) electrons. The average molecular weight is 223 g/mol. The molecule has 1 unspecified atom stereocenters. The predicted molar refractivity (Wildman–Crippen MR) is 62.5 cm³/mol. The highest BCUT2D eigenvalue weighted by atomic mass is 19.1. The van der Waals surface area contributed by atoms with Crippen LogP contribution in [0.3, 0.4) is 0 Å². The van der Waals surface area contributed by atoms with Crippen LogP contribution in [0.25, 0.3) is 0 Å². The summed E-state index contributed by atoms with van der Waals surface area (Å²) < 4.78 is 19.9. The summed E-state index contributed by atoms with van der Waals surface area (Å²) in [6, 6.07) is 9.44. The summed E-state index contributed by atoms with van der Waals surface area (Å²) in [7, 11) is 0. The molecular formula is C13H18FNO. The normalized spacial score (nSPS) is 26.1. The van der Waals surface area contributed by atoms with E-state index in [0.717, 1.165) is 25.3 Å². The van der Waals surface area contributed by atoms with E-state index in [-0.39, 0.29) is 6.61 Å². The maximum atomic E-state index is 14.4. The Kier molecular flexibility index (Phi) is 3.78. The van der Waals surface area contributed by atoms with E-state index in [1.54, 1.807) is 0 Å². The van der Waals surface area contributed by atoms with E-state index >= 15 is 0 Å². The van der Waals surface area contributed by atoms with E-state index in [1.165, 1.54) is 0 Å². The summed E-state index contributed by atoms with van der Waals surface area (Å²) in [6.45, 7) is 1.82. The minimum Gasteiger partial charge on any atom is -0.490 e. The summed E-state index contributed by atoms with van der Waals surface area (Å²) in [5.41, 5.74) is -1.17. The Balaban J connectivity index is 1.88. The van der Waals surface area contributed by atoms with E-state index in [0.29, 0.717) is 12.8 Å². The highest BCUT2D eigenvalue weighted by molar-refractivity contribution is 5.21. The van der Waals surface area contributed by atoms with Crippen molar-refractivity contribution in [1.82, 2.24) is 5.32 Å². The van der Waals surface area contributed by atoms with Crippen molar-refractivity contribution in [3.05, 3.63) is 30.3 Å². The number of nitrogens with one attached hydrogen (secondary N) is 1. The molecule has 1 saturated heterocycles. The first kappa shape index (κ1) is 11.4. The van der Waals surface area contributed by atoms with Gasteiger partial charge in [0.25, 0.3) is 0 Å². The number of rotatable bonds is 3. The largest absolute Gasteiger partial charge is 0.490 e. The number of alkyl halides is 1. The zero-order chi connectivity index (χ0) is 11.3. The van der Waals surface area contributed by atoms with E-state index in [1.807, 2.05) is 30.3 Å². The standard InChI is InChI=1S/C13H18FNO/c14-13(7-4-9-15-10-8-13)11-16-12-5-2-1-3-6-12/h1-3,5-6,15H,4,7-11H2. The van der Waals surface area contributed by atoms with E-state index in [9.17, 15) is 4.39 Å². The third kappa shape index (κ3) is 3.20. The summed E-state index contributed by atoms with van der Waals surface area (Å²) in [5.74, 6) is 0.747. The van der Waals surface area contributed by atoms with Crippen molar-refractivity contribution in [2.45, 2.75) is 24.9 Å². The third-order valence-corrected chi connectivity index (χ3v) is 2.97. The van der Waals surface area contributed by atoms with Gasteiger partial charge in [-0.3, -0.25) is 0 Å². The van der Waals surface area contributed by atoms with Crippen LogP contribution in [0.5, 0.6) is 5.75 Å². The Morgan fingerprint density at radius 2 is 2.00 bits per heavy atom. The van der Waals surface area contributed by atoms with Crippen molar-refractivity contribution >= 4 is 0 Å². The lowest BCUT2D eigenvalue weighted by molar-refractivity contribution is 0.0722. The van der Waals surface area contributed by atoms with Crippen molar-refractivity contribution < 1.29 is 9.13 Å². The fourth-order valence-electron chi connectivity index (χ4n) is 1.97. The van der Waals surface area contributed by atoms with Crippen LogP contribution in [-0.4, -0.2) is 25.4 Å². The molecule has 1 heterocycles. The zero-order valence-corrected chi connectivity index (χ0v) is 9.42. The van der Waals surface area contributed by atoms with Gasteiger partial charge in [0.15, 0.2) is 0 Å². The molecule has 0 amide bonds. The first-order valence-electron chi connectivity index (χ1n) is 5.86. The molecule has 1 N–H and O–H groups in total. The molecule has 0 spiro atoms. The van der Waals surface area contributed by atoms with Crippen LogP contribution in [0.1, 0.15) is 19.3 Å². The lowest BCUT2D eigenvalue weighted by atomic mass is 9.98. The summed E-state index contributed by atoms with van der Waals surface area (Å²) >= 11 is 0. The number of halogens is 1. The van der Waals surface area contributed by atoms with Crippen molar-refractivity contribution in [2.24, 2.45) is 0 Å². The van der Waals surface area contributed by atoms with E-state index < -0.39 is 5.67 Å². The quantitative estimate of drug-likeness (QED) is 0.850. The second-order valence-electron chi connectivity index (χ2n) is 4.36. The second-order valence-corrected chi connectivity index (χ2v) is 4.36. The van der Waals surface area contributed by atoms with Crippen LogP contribution in [0, 0.1) is 0 Å². The van der Waals surface area contributed by atoms with Crippen molar-refractivity contribution in [3.8, 4) is 5.75 Å². The predicted octanol–water partition coefficient (Wildman–Crippen LogP) is 2.55. The van der Waals surface area contributed by atoms with Gasteiger partial charge in [-0.2, -0.15) is 0 Å². The third-order valence-electron chi connectivity index (χ3n) is 2.97. The molecule has 3 heteroatoms. The van der Waals surface area contributed by atoms with Crippen LogP contribution in [0.4, 0.5) is 4.39 Å². The maximum absolute atomic E-state index is 14.4. The van der Waals surface area contributed by atoms with Gasteiger partial charge in [-0.25, -0.2) is 4.39 Å². The molecule has 0 aromatic heterocycles. The summed E-state index contributed by atoms with van der Waals surface area (Å²) in [4.78, 5) is 0.